The third-order valence-corrected chi connectivity index (χ3v) is 4.34. The van der Waals surface area contributed by atoms with Crippen molar-refractivity contribution in [2.24, 2.45) is 0 Å². The first-order chi connectivity index (χ1) is 10.5. The molecular formula is C17H26N2O3. The Bertz CT molecular complexity index is 545. The Morgan fingerprint density at radius 3 is 2.55 bits per heavy atom. The van der Waals surface area contributed by atoms with Gasteiger partial charge in [0.2, 0.25) is 5.91 Å². The summed E-state index contributed by atoms with van der Waals surface area (Å²) in [6, 6.07) is 4.31. The van der Waals surface area contributed by atoms with Crippen molar-refractivity contribution in [2.75, 3.05) is 27.3 Å². The fraction of sp³-hybridized carbons (Fsp3) is 0.588. The summed E-state index contributed by atoms with van der Waals surface area (Å²) < 4.78 is 10.9. The number of nitrogens with zero attached hydrogens (tertiary/aromatic N) is 1. The minimum absolute atomic E-state index is 0.00356. The maximum absolute atomic E-state index is 11.5. The number of benzene rings is 1. The van der Waals surface area contributed by atoms with Crippen LogP contribution in [0, 0.1) is 0 Å². The van der Waals surface area contributed by atoms with E-state index in [0.29, 0.717) is 0 Å². The quantitative estimate of drug-likeness (QED) is 0.905. The summed E-state index contributed by atoms with van der Waals surface area (Å²) >= 11 is 0. The van der Waals surface area contributed by atoms with E-state index in [9.17, 15) is 4.79 Å². The van der Waals surface area contributed by atoms with Gasteiger partial charge in [-0.15, -0.1) is 0 Å². The van der Waals surface area contributed by atoms with Crippen molar-refractivity contribution < 1.29 is 14.3 Å². The highest BCUT2D eigenvalue weighted by Gasteiger charge is 2.32. The second-order valence-electron chi connectivity index (χ2n) is 5.72. The molecule has 1 amide bonds. The lowest BCUT2D eigenvalue weighted by molar-refractivity contribution is -0.120. The van der Waals surface area contributed by atoms with Gasteiger partial charge in [0, 0.05) is 19.5 Å². The first-order valence-electron chi connectivity index (χ1n) is 7.77. The lowest BCUT2D eigenvalue weighted by Gasteiger charge is -2.40. The van der Waals surface area contributed by atoms with E-state index in [0.717, 1.165) is 31.0 Å². The number of nitrogens with one attached hydrogen (secondary N) is 1. The topological polar surface area (TPSA) is 50.8 Å². The van der Waals surface area contributed by atoms with Crippen LogP contribution in [0.3, 0.4) is 0 Å². The first kappa shape index (κ1) is 16.6. The number of likely N-dealkylation sites (N-methyl/N-ethyl adjacent to an activating group) is 1. The molecule has 2 atom stereocenters. The third-order valence-electron chi connectivity index (χ3n) is 4.34. The molecule has 22 heavy (non-hydrogen) atoms. The Labute approximate surface area is 132 Å². The zero-order valence-corrected chi connectivity index (χ0v) is 14.1. The maximum atomic E-state index is 11.5. The van der Waals surface area contributed by atoms with Crippen molar-refractivity contribution >= 4 is 5.91 Å². The summed E-state index contributed by atoms with van der Waals surface area (Å²) in [6.45, 7) is 7.70. The van der Waals surface area contributed by atoms with Gasteiger partial charge in [-0.3, -0.25) is 9.69 Å². The van der Waals surface area contributed by atoms with Gasteiger partial charge in [0.05, 0.1) is 20.3 Å². The molecule has 122 valence electrons. The van der Waals surface area contributed by atoms with Crippen LogP contribution in [0.1, 0.15) is 37.9 Å². The highest BCUT2D eigenvalue weighted by atomic mass is 16.5. The molecule has 1 aromatic rings. The number of amides is 1. The first-order valence-corrected chi connectivity index (χ1v) is 7.77. The van der Waals surface area contributed by atoms with Gasteiger partial charge in [-0.05, 0) is 43.1 Å². The fourth-order valence-corrected chi connectivity index (χ4v) is 3.37. The van der Waals surface area contributed by atoms with Gasteiger partial charge in [0.25, 0.3) is 0 Å². The normalized spacial score (nSPS) is 19.2. The number of carbonyl (C=O) groups is 1. The van der Waals surface area contributed by atoms with Crippen molar-refractivity contribution in [3.63, 3.8) is 0 Å². The van der Waals surface area contributed by atoms with Crippen LogP contribution in [0.4, 0.5) is 0 Å². The van der Waals surface area contributed by atoms with Crippen LogP contribution in [-0.4, -0.2) is 44.2 Å². The van der Waals surface area contributed by atoms with E-state index in [2.05, 4.69) is 36.2 Å². The Kier molecular flexibility index (Phi) is 5.29. The third kappa shape index (κ3) is 3.19. The molecule has 0 radical (unpaired) electrons. The molecule has 1 heterocycles. The lowest BCUT2D eigenvalue weighted by Crippen LogP contribution is -2.47. The molecular weight excluding hydrogens is 280 g/mol. The van der Waals surface area contributed by atoms with E-state index < -0.39 is 0 Å². The standard InChI is InChI=1S/C17H26N2O3/c1-6-19-8-7-13-9-15(21-4)16(22-5)10-14(13)17(19)11(2)18-12(3)20/h9-11,17H,6-8H2,1-5H3,(H,18,20). The van der Waals surface area contributed by atoms with Crippen molar-refractivity contribution in [3.05, 3.63) is 23.3 Å². The van der Waals surface area contributed by atoms with E-state index in [1.54, 1.807) is 21.1 Å². The molecule has 5 nitrogen and oxygen atoms in total. The number of methoxy groups -OCH3 is 2. The van der Waals surface area contributed by atoms with E-state index in [1.807, 2.05) is 0 Å². The predicted octanol–water partition coefficient (Wildman–Crippen LogP) is 2.15. The highest BCUT2D eigenvalue weighted by molar-refractivity contribution is 5.73. The van der Waals surface area contributed by atoms with Crippen molar-refractivity contribution in [1.29, 1.82) is 0 Å². The molecule has 5 heteroatoms. The molecule has 0 spiro atoms. The number of rotatable bonds is 5. The van der Waals surface area contributed by atoms with E-state index >= 15 is 0 Å². The molecule has 1 aromatic carbocycles. The summed E-state index contributed by atoms with van der Waals surface area (Å²) in [5.41, 5.74) is 2.48. The van der Waals surface area contributed by atoms with E-state index in [1.165, 1.54) is 11.1 Å². The number of ether oxygens (including phenoxy) is 2. The second kappa shape index (κ2) is 7.01. The summed E-state index contributed by atoms with van der Waals surface area (Å²) in [5.74, 6) is 1.49. The molecule has 1 N–H and O–H groups in total. The van der Waals surface area contributed by atoms with Crippen LogP contribution in [0.2, 0.25) is 0 Å². The summed E-state index contributed by atoms with van der Waals surface area (Å²) in [4.78, 5) is 13.9. The highest BCUT2D eigenvalue weighted by Crippen LogP contribution is 2.39. The average Bonchev–Trinajstić information content (AvgIpc) is 2.51. The minimum atomic E-state index is -0.00356. The fourth-order valence-electron chi connectivity index (χ4n) is 3.37. The predicted molar refractivity (Wildman–Crippen MR) is 86.5 cm³/mol. The molecule has 2 rings (SSSR count). The smallest absolute Gasteiger partial charge is 0.217 e. The van der Waals surface area contributed by atoms with Crippen LogP contribution >= 0.6 is 0 Å². The zero-order chi connectivity index (χ0) is 16.3. The van der Waals surface area contributed by atoms with Crippen molar-refractivity contribution in [2.45, 2.75) is 39.3 Å². The van der Waals surface area contributed by atoms with Gasteiger partial charge in [0.1, 0.15) is 0 Å². The minimum Gasteiger partial charge on any atom is -0.493 e. The molecule has 1 aliphatic heterocycles. The van der Waals surface area contributed by atoms with Crippen molar-refractivity contribution in [3.8, 4) is 11.5 Å². The van der Waals surface area contributed by atoms with E-state index in [-0.39, 0.29) is 18.0 Å². The van der Waals surface area contributed by atoms with Crippen LogP contribution in [0.15, 0.2) is 12.1 Å². The summed E-state index contributed by atoms with van der Waals surface area (Å²) in [7, 11) is 3.31. The summed E-state index contributed by atoms with van der Waals surface area (Å²) in [5, 5.41) is 3.03. The number of hydrogen-bond donors (Lipinski definition) is 1. The Hall–Kier alpha value is -1.75. The molecule has 2 unspecified atom stereocenters. The summed E-state index contributed by atoms with van der Waals surface area (Å²) in [6.07, 6.45) is 0.979. The van der Waals surface area contributed by atoms with Gasteiger partial charge in [-0.25, -0.2) is 0 Å². The number of hydrogen-bond acceptors (Lipinski definition) is 4. The maximum Gasteiger partial charge on any atom is 0.217 e. The Morgan fingerprint density at radius 2 is 2.00 bits per heavy atom. The van der Waals surface area contributed by atoms with Crippen LogP contribution < -0.4 is 14.8 Å². The van der Waals surface area contributed by atoms with Crippen LogP contribution in [0.5, 0.6) is 11.5 Å². The number of fused-ring (bicyclic) bond motifs is 1. The van der Waals surface area contributed by atoms with Crippen molar-refractivity contribution in [1.82, 2.24) is 10.2 Å². The van der Waals surface area contributed by atoms with E-state index in [4.69, 9.17) is 9.47 Å². The molecule has 0 fully saturated rings. The zero-order valence-electron chi connectivity index (χ0n) is 14.1. The molecule has 0 aromatic heterocycles. The molecule has 0 bridgehead atoms. The van der Waals surface area contributed by atoms with Gasteiger partial charge >= 0.3 is 0 Å². The van der Waals surface area contributed by atoms with Crippen LogP contribution in [-0.2, 0) is 11.2 Å². The van der Waals surface area contributed by atoms with Crippen LogP contribution in [0.25, 0.3) is 0 Å². The van der Waals surface area contributed by atoms with Gasteiger partial charge in [0.15, 0.2) is 11.5 Å². The molecule has 0 saturated carbocycles. The SMILES string of the molecule is CCN1CCc2cc(OC)c(OC)cc2C1C(C)NC(C)=O. The Morgan fingerprint density at radius 1 is 1.36 bits per heavy atom. The second-order valence-corrected chi connectivity index (χ2v) is 5.72. The van der Waals surface area contributed by atoms with Gasteiger partial charge < -0.3 is 14.8 Å². The van der Waals surface area contributed by atoms with Gasteiger partial charge in [-0.1, -0.05) is 6.92 Å². The van der Waals surface area contributed by atoms with Gasteiger partial charge in [-0.2, -0.15) is 0 Å². The Balaban J connectivity index is 2.46. The molecule has 1 aliphatic rings. The lowest BCUT2D eigenvalue weighted by atomic mass is 9.88. The monoisotopic (exact) mass is 306 g/mol. The number of carbonyl (C=O) groups excluding carboxylic acids is 1. The molecule has 0 saturated heterocycles. The largest absolute Gasteiger partial charge is 0.493 e. The molecule has 0 aliphatic carbocycles. The average molecular weight is 306 g/mol.